The number of amides is 2. The molecular formula is C15H26N2O4. The Morgan fingerprint density at radius 1 is 1.29 bits per heavy atom. The molecule has 2 N–H and O–H groups in total. The quantitative estimate of drug-likeness (QED) is 0.719. The van der Waals surface area contributed by atoms with E-state index in [1.165, 1.54) is 0 Å². The smallest absolute Gasteiger partial charge is 0.306 e. The third-order valence-corrected chi connectivity index (χ3v) is 3.89. The number of hydrogen-bond acceptors (Lipinski definition) is 3. The minimum atomic E-state index is -0.808. The molecule has 0 spiro atoms. The van der Waals surface area contributed by atoms with Gasteiger partial charge in [0.1, 0.15) is 0 Å². The lowest BCUT2D eigenvalue weighted by atomic mass is 9.87. The summed E-state index contributed by atoms with van der Waals surface area (Å²) in [5.74, 6) is -1.13. The van der Waals surface area contributed by atoms with Crippen LogP contribution in [0.4, 0.5) is 0 Å². The molecule has 0 radical (unpaired) electrons. The van der Waals surface area contributed by atoms with Crippen molar-refractivity contribution >= 4 is 17.8 Å². The fourth-order valence-electron chi connectivity index (χ4n) is 2.10. The van der Waals surface area contributed by atoms with Crippen molar-refractivity contribution in [2.45, 2.75) is 40.5 Å². The molecule has 1 atom stereocenters. The molecule has 1 heterocycles. The van der Waals surface area contributed by atoms with Crippen molar-refractivity contribution in [1.29, 1.82) is 0 Å². The Kier molecular flexibility index (Phi) is 5.75. The first-order chi connectivity index (χ1) is 9.62. The highest BCUT2D eigenvalue weighted by molar-refractivity contribution is 5.81. The summed E-state index contributed by atoms with van der Waals surface area (Å²) in [4.78, 5) is 36.0. The molecule has 6 heteroatoms. The Balaban J connectivity index is 2.17. The van der Waals surface area contributed by atoms with Gasteiger partial charge in [-0.05, 0) is 6.42 Å². The number of hydrogen-bond donors (Lipinski definition) is 2. The van der Waals surface area contributed by atoms with Gasteiger partial charge in [0.15, 0.2) is 0 Å². The lowest BCUT2D eigenvalue weighted by Gasteiger charge is -2.41. The molecule has 120 valence electrons. The van der Waals surface area contributed by atoms with E-state index in [0.717, 1.165) is 0 Å². The molecule has 0 aromatic rings. The molecule has 1 aliphatic heterocycles. The van der Waals surface area contributed by atoms with Crippen LogP contribution in [-0.2, 0) is 14.4 Å². The molecule has 2 amide bonds. The van der Waals surface area contributed by atoms with Gasteiger partial charge in [-0.25, -0.2) is 0 Å². The predicted molar refractivity (Wildman–Crippen MR) is 78.6 cm³/mol. The summed E-state index contributed by atoms with van der Waals surface area (Å²) in [5.41, 5.74) is -0.415. The monoisotopic (exact) mass is 298 g/mol. The number of carbonyl (C=O) groups excluding carboxylic acids is 2. The van der Waals surface area contributed by atoms with Crippen LogP contribution in [0.1, 0.15) is 40.5 Å². The van der Waals surface area contributed by atoms with Gasteiger partial charge in [-0.15, -0.1) is 0 Å². The summed E-state index contributed by atoms with van der Waals surface area (Å²) in [5, 5.41) is 11.7. The van der Waals surface area contributed by atoms with E-state index in [1.54, 1.807) is 11.8 Å². The van der Waals surface area contributed by atoms with Gasteiger partial charge in [-0.1, -0.05) is 27.7 Å². The molecular weight excluding hydrogens is 272 g/mol. The summed E-state index contributed by atoms with van der Waals surface area (Å²) in [6.07, 6.45) is 0.995. The Morgan fingerprint density at radius 2 is 1.86 bits per heavy atom. The number of nitrogens with one attached hydrogen (secondary N) is 1. The molecule has 1 saturated heterocycles. The summed E-state index contributed by atoms with van der Waals surface area (Å²) in [7, 11) is 0. The van der Waals surface area contributed by atoms with Crippen molar-refractivity contribution in [2.75, 3.05) is 19.6 Å². The second-order valence-corrected chi connectivity index (χ2v) is 6.80. The van der Waals surface area contributed by atoms with E-state index in [-0.39, 0.29) is 17.7 Å². The fourth-order valence-corrected chi connectivity index (χ4v) is 2.10. The SMILES string of the molecule is CC(C(=O)O)C1CN(C(=O)CCCNC(=O)C(C)(C)C)C1. The Morgan fingerprint density at radius 3 is 2.33 bits per heavy atom. The first-order valence-electron chi connectivity index (χ1n) is 7.42. The van der Waals surface area contributed by atoms with E-state index in [9.17, 15) is 14.4 Å². The van der Waals surface area contributed by atoms with Crippen molar-refractivity contribution in [3.8, 4) is 0 Å². The maximum Gasteiger partial charge on any atom is 0.306 e. The summed E-state index contributed by atoms with van der Waals surface area (Å²) >= 11 is 0. The van der Waals surface area contributed by atoms with Crippen LogP contribution in [0.15, 0.2) is 0 Å². The van der Waals surface area contributed by atoms with Gasteiger partial charge in [0, 0.05) is 37.4 Å². The summed E-state index contributed by atoms with van der Waals surface area (Å²) in [6, 6.07) is 0. The van der Waals surface area contributed by atoms with Crippen LogP contribution in [0.25, 0.3) is 0 Å². The molecule has 1 rings (SSSR count). The molecule has 0 aromatic heterocycles. The zero-order valence-electron chi connectivity index (χ0n) is 13.3. The van der Waals surface area contributed by atoms with Crippen LogP contribution < -0.4 is 5.32 Å². The zero-order valence-corrected chi connectivity index (χ0v) is 13.3. The topological polar surface area (TPSA) is 86.7 Å². The van der Waals surface area contributed by atoms with E-state index < -0.39 is 17.3 Å². The molecule has 6 nitrogen and oxygen atoms in total. The summed E-state index contributed by atoms with van der Waals surface area (Å²) < 4.78 is 0. The Labute approximate surface area is 125 Å². The van der Waals surface area contributed by atoms with E-state index in [0.29, 0.717) is 32.5 Å². The van der Waals surface area contributed by atoms with E-state index in [4.69, 9.17) is 5.11 Å². The van der Waals surface area contributed by atoms with Crippen molar-refractivity contribution < 1.29 is 19.5 Å². The van der Waals surface area contributed by atoms with Crippen LogP contribution in [0, 0.1) is 17.3 Å². The van der Waals surface area contributed by atoms with E-state index >= 15 is 0 Å². The van der Waals surface area contributed by atoms with Gasteiger partial charge in [0.2, 0.25) is 11.8 Å². The first-order valence-corrected chi connectivity index (χ1v) is 7.42. The van der Waals surface area contributed by atoms with Gasteiger partial charge >= 0.3 is 5.97 Å². The van der Waals surface area contributed by atoms with Crippen molar-refractivity contribution in [3.63, 3.8) is 0 Å². The third-order valence-electron chi connectivity index (χ3n) is 3.89. The van der Waals surface area contributed by atoms with Crippen LogP contribution >= 0.6 is 0 Å². The molecule has 0 aliphatic carbocycles. The second kappa shape index (κ2) is 6.91. The second-order valence-electron chi connectivity index (χ2n) is 6.80. The normalized spacial score (nSPS) is 17.0. The molecule has 1 fully saturated rings. The van der Waals surface area contributed by atoms with Gasteiger partial charge in [-0.2, -0.15) is 0 Å². The fraction of sp³-hybridized carbons (Fsp3) is 0.800. The largest absolute Gasteiger partial charge is 0.481 e. The minimum absolute atomic E-state index is 0.0192. The van der Waals surface area contributed by atoms with E-state index in [2.05, 4.69) is 5.32 Å². The number of likely N-dealkylation sites (tertiary alicyclic amines) is 1. The molecule has 21 heavy (non-hydrogen) atoms. The van der Waals surface area contributed by atoms with Crippen LogP contribution in [0.5, 0.6) is 0 Å². The maximum absolute atomic E-state index is 11.9. The molecule has 0 aromatic carbocycles. The number of carboxylic acids is 1. The highest BCUT2D eigenvalue weighted by atomic mass is 16.4. The molecule has 0 bridgehead atoms. The number of rotatable bonds is 6. The lowest BCUT2D eigenvalue weighted by Crippen LogP contribution is -2.53. The van der Waals surface area contributed by atoms with Gasteiger partial charge in [-0.3, -0.25) is 14.4 Å². The van der Waals surface area contributed by atoms with Crippen LogP contribution in [0.2, 0.25) is 0 Å². The van der Waals surface area contributed by atoms with Crippen LogP contribution in [0.3, 0.4) is 0 Å². The summed E-state index contributed by atoms with van der Waals surface area (Å²) in [6.45, 7) is 8.76. The van der Waals surface area contributed by atoms with Crippen molar-refractivity contribution in [2.24, 2.45) is 17.3 Å². The third kappa shape index (κ3) is 5.02. The predicted octanol–water partition coefficient (Wildman–Crippen LogP) is 1.11. The van der Waals surface area contributed by atoms with Crippen molar-refractivity contribution in [3.05, 3.63) is 0 Å². The van der Waals surface area contributed by atoms with E-state index in [1.807, 2.05) is 20.8 Å². The average molecular weight is 298 g/mol. The van der Waals surface area contributed by atoms with Gasteiger partial charge in [0.05, 0.1) is 5.92 Å². The molecule has 0 saturated carbocycles. The van der Waals surface area contributed by atoms with Gasteiger partial charge in [0.25, 0.3) is 0 Å². The standard InChI is InChI=1S/C15H26N2O4/c1-10(13(19)20)11-8-17(9-11)12(18)6-5-7-16-14(21)15(2,3)4/h10-11H,5-9H2,1-4H3,(H,16,21)(H,19,20). The number of carboxylic acid groups (broad SMARTS) is 1. The Bertz CT molecular complexity index is 408. The molecule has 1 unspecified atom stereocenters. The first kappa shape index (κ1) is 17.5. The molecule has 1 aliphatic rings. The zero-order chi connectivity index (χ0) is 16.2. The average Bonchev–Trinajstić information content (AvgIpc) is 2.30. The lowest BCUT2D eigenvalue weighted by molar-refractivity contribution is -0.150. The van der Waals surface area contributed by atoms with Crippen molar-refractivity contribution in [1.82, 2.24) is 10.2 Å². The number of carbonyl (C=O) groups is 3. The highest BCUT2D eigenvalue weighted by Crippen LogP contribution is 2.24. The number of nitrogens with zero attached hydrogens (tertiary/aromatic N) is 1. The number of aliphatic carboxylic acids is 1. The van der Waals surface area contributed by atoms with Crippen LogP contribution in [-0.4, -0.2) is 47.4 Å². The Hall–Kier alpha value is -1.59. The minimum Gasteiger partial charge on any atom is -0.481 e. The van der Waals surface area contributed by atoms with Gasteiger partial charge < -0.3 is 15.3 Å². The maximum atomic E-state index is 11.9. The highest BCUT2D eigenvalue weighted by Gasteiger charge is 2.36.